The first kappa shape index (κ1) is 17.0. The van der Waals surface area contributed by atoms with Gasteiger partial charge in [-0.1, -0.05) is 6.07 Å². The lowest BCUT2D eigenvalue weighted by atomic mass is 10.1. The van der Waals surface area contributed by atoms with Crippen LogP contribution >= 0.6 is 0 Å². The molecular formula is C20H19N5O2. The molecule has 7 heteroatoms. The predicted molar refractivity (Wildman–Crippen MR) is 101 cm³/mol. The Morgan fingerprint density at radius 3 is 2.89 bits per heavy atom. The standard InChI is InChI=1S/C20H19N5O2/c26-18(9-8-15-5-4-14-27-15)25-13-3-6-16(25)19-20(23-12-11-22-19)24-17-7-1-2-10-21-17/h1-2,4-5,7-12,14,16H,3,6,13H2,(H,21,23,24)/b9-8+/t16-/m1/s1. The van der Waals surface area contributed by atoms with Gasteiger partial charge in [0.25, 0.3) is 0 Å². The Morgan fingerprint density at radius 1 is 1.15 bits per heavy atom. The Balaban J connectivity index is 1.56. The van der Waals surface area contributed by atoms with Crippen LogP contribution in [0.15, 0.2) is 65.7 Å². The van der Waals surface area contributed by atoms with Crippen LogP contribution in [0.1, 0.15) is 30.3 Å². The number of rotatable bonds is 5. The van der Waals surface area contributed by atoms with E-state index in [4.69, 9.17) is 4.42 Å². The number of carbonyl (C=O) groups is 1. The molecule has 0 radical (unpaired) electrons. The number of hydrogen-bond acceptors (Lipinski definition) is 6. The maximum atomic E-state index is 12.7. The van der Waals surface area contributed by atoms with Gasteiger partial charge in [-0.15, -0.1) is 0 Å². The Bertz CT molecular complexity index is 925. The summed E-state index contributed by atoms with van der Waals surface area (Å²) in [6.07, 6.45) is 11.6. The summed E-state index contributed by atoms with van der Waals surface area (Å²) in [6.45, 7) is 0.686. The molecule has 1 aliphatic rings. The summed E-state index contributed by atoms with van der Waals surface area (Å²) in [7, 11) is 0. The van der Waals surface area contributed by atoms with Gasteiger partial charge in [-0.2, -0.15) is 0 Å². The molecule has 1 saturated heterocycles. The molecular weight excluding hydrogens is 342 g/mol. The minimum Gasteiger partial charge on any atom is -0.465 e. The van der Waals surface area contributed by atoms with Gasteiger partial charge in [0.05, 0.1) is 12.3 Å². The third kappa shape index (κ3) is 3.87. The van der Waals surface area contributed by atoms with Crippen molar-refractivity contribution in [1.29, 1.82) is 0 Å². The van der Waals surface area contributed by atoms with Crippen LogP contribution in [0.5, 0.6) is 0 Å². The number of amides is 1. The Labute approximate surface area is 156 Å². The minimum absolute atomic E-state index is 0.0664. The van der Waals surface area contributed by atoms with Crippen molar-refractivity contribution in [1.82, 2.24) is 19.9 Å². The van der Waals surface area contributed by atoms with Gasteiger partial charge in [-0.25, -0.2) is 9.97 Å². The third-order valence-corrected chi connectivity index (χ3v) is 4.42. The van der Waals surface area contributed by atoms with Gasteiger partial charge in [-0.3, -0.25) is 9.78 Å². The predicted octanol–water partition coefficient (Wildman–Crippen LogP) is 3.59. The summed E-state index contributed by atoms with van der Waals surface area (Å²) in [5.41, 5.74) is 0.750. The van der Waals surface area contributed by atoms with Gasteiger partial charge in [0, 0.05) is 31.2 Å². The maximum absolute atomic E-state index is 12.7. The molecule has 0 aliphatic carbocycles. The monoisotopic (exact) mass is 361 g/mol. The van der Waals surface area contributed by atoms with E-state index in [1.165, 1.54) is 0 Å². The summed E-state index contributed by atoms with van der Waals surface area (Å²) in [5, 5.41) is 3.21. The van der Waals surface area contributed by atoms with Crippen LogP contribution in [0.4, 0.5) is 11.6 Å². The number of furan rings is 1. The van der Waals surface area contributed by atoms with Gasteiger partial charge in [0.1, 0.15) is 17.3 Å². The molecule has 0 saturated carbocycles. The fraction of sp³-hybridized carbons (Fsp3) is 0.200. The molecule has 0 spiro atoms. The lowest BCUT2D eigenvalue weighted by Crippen LogP contribution is -2.30. The maximum Gasteiger partial charge on any atom is 0.247 e. The van der Waals surface area contributed by atoms with Gasteiger partial charge >= 0.3 is 0 Å². The molecule has 4 rings (SSSR count). The smallest absolute Gasteiger partial charge is 0.247 e. The second-order valence-electron chi connectivity index (χ2n) is 6.17. The first-order chi connectivity index (χ1) is 13.3. The molecule has 1 amide bonds. The number of nitrogens with one attached hydrogen (secondary N) is 1. The van der Waals surface area contributed by atoms with Crippen LogP contribution in [-0.4, -0.2) is 32.3 Å². The van der Waals surface area contributed by atoms with Gasteiger partial charge in [-0.05, 0) is 43.2 Å². The highest BCUT2D eigenvalue weighted by atomic mass is 16.3. The fourth-order valence-corrected chi connectivity index (χ4v) is 3.20. The quantitative estimate of drug-likeness (QED) is 0.699. The van der Waals surface area contributed by atoms with E-state index < -0.39 is 0 Å². The highest BCUT2D eigenvalue weighted by Crippen LogP contribution is 2.34. The number of likely N-dealkylation sites (tertiary alicyclic amines) is 1. The molecule has 7 nitrogen and oxygen atoms in total. The lowest BCUT2D eigenvalue weighted by Gasteiger charge is -2.24. The molecule has 1 fully saturated rings. The molecule has 1 atom stereocenters. The molecule has 27 heavy (non-hydrogen) atoms. The van der Waals surface area contributed by atoms with Crippen molar-refractivity contribution in [2.45, 2.75) is 18.9 Å². The topological polar surface area (TPSA) is 84.2 Å². The summed E-state index contributed by atoms with van der Waals surface area (Å²) < 4.78 is 5.25. The number of aromatic nitrogens is 3. The van der Waals surface area contributed by atoms with Crippen molar-refractivity contribution in [2.24, 2.45) is 0 Å². The van der Waals surface area contributed by atoms with Crippen molar-refractivity contribution >= 4 is 23.6 Å². The molecule has 136 valence electrons. The fourth-order valence-electron chi connectivity index (χ4n) is 3.20. The second-order valence-corrected chi connectivity index (χ2v) is 6.17. The van der Waals surface area contributed by atoms with E-state index in [2.05, 4.69) is 20.3 Å². The first-order valence-electron chi connectivity index (χ1n) is 8.82. The molecule has 1 N–H and O–H groups in total. The summed E-state index contributed by atoms with van der Waals surface area (Å²) >= 11 is 0. The zero-order chi connectivity index (χ0) is 18.5. The van der Waals surface area contributed by atoms with E-state index in [0.717, 1.165) is 18.5 Å². The van der Waals surface area contributed by atoms with Crippen molar-refractivity contribution < 1.29 is 9.21 Å². The number of nitrogens with zero attached hydrogens (tertiary/aromatic N) is 4. The van der Waals surface area contributed by atoms with E-state index in [9.17, 15) is 4.79 Å². The van der Waals surface area contributed by atoms with E-state index in [1.54, 1.807) is 43.1 Å². The van der Waals surface area contributed by atoms with Gasteiger partial charge < -0.3 is 14.6 Å². The SMILES string of the molecule is O=C(/C=C/c1ccco1)N1CCC[C@@H]1c1nccnc1Nc1ccccn1. The van der Waals surface area contributed by atoms with Crippen LogP contribution in [0, 0.1) is 0 Å². The molecule has 3 aromatic rings. The highest BCUT2D eigenvalue weighted by molar-refractivity contribution is 5.92. The molecule has 0 bridgehead atoms. The average molecular weight is 361 g/mol. The Morgan fingerprint density at radius 2 is 2.07 bits per heavy atom. The number of carbonyl (C=O) groups excluding carboxylic acids is 1. The summed E-state index contributed by atoms with van der Waals surface area (Å²) in [4.78, 5) is 27.7. The summed E-state index contributed by atoms with van der Waals surface area (Å²) in [6, 6.07) is 9.09. The molecule has 0 aromatic carbocycles. The third-order valence-electron chi connectivity index (χ3n) is 4.42. The van der Waals surface area contributed by atoms with Crippen LogP contribution in [0.3, 0.4) is 0 Å². The van der Waals surface area contributed by atoms with Crippen LogP contribution in [0.25, 0.3) is 6.08 Å². The zero-order valence-electron chi connectivity index (χ0n) is 14.7. The first-order valence-corrected chi connectivity index (χ1v) is 8.82. The second kappa shape index (κ2) is 7.82. The van der Waals surface area contributed by atoms with Crippen molar-refractivity contribution in [3.05, 3.63) is 72.7 Å². The van der Waals surface area contributed by atoms with E-state index in [1.807, 2.05) is 29.2 Å². The van der Waals surface area contributed by atoms with E-state index >= 15 is 0 Å². The van der Waals surface area contributed by atoms with E-state index in [-0.39, 0.29) is 11.9 Å². The minimum atomic E-state index is -0.126. The Kier molecular flexibility index (Phi) is 4.91. The van der Waals surface area contributed by atoms with Crippen molar-refractivity contribution in [3.63, 3.8) is 0 Å². The molecule has 0 unspecified atom stereocenters. The lowest BCUT2D eigenvalue weighted by molar-refractivity contribution is -0.126. The Hall–Kier alpha value is -3.48. The normalized spacial score (nSPS) is 16.7. The molecule has 4 heterocycles. The van der Waals surface area contributed by atoms with Crippen LogP contribution in [-0.2, 0) is 4.79 Å². The van der Waals surface area contributed by atoms with Crippen LogP contribution < -0.4 is 5.32 Å². The van der Waals surface area contributed by atoms with Gasteiger partial charge in [0.15, 0.2) is 5.82 Å². The molecule has 1 aliphatic heterocycles. The van der Waals surface area contributed by atoms with Crippen LogP contribution in [0.2, 0.25) is 0 Å². The van der Waals surface area contributed by atoms with Crippen molar-refractivity contribution in [3.8, 4) is 0 Å². The number of pyridine rings is 1. The molecule has 3 aromatic heterocycles. The van der Waals surface area contributed by atoms with Gasteiger partial charge in [0.2, 0.25) is 5.91 Å². The highest BCUT2D eigenvalue weighted by Gasteiger charge is 2.32. The van der Waals surface area contributed by atoms with Crippen molar-refractivity contribution in [2.75, 3.05) is 11.9 Å². The van der Waals surface area contributed by atoms with E-state index in [0.29, 0.717) is 23.9 Å². The summed E-state index contributed by atoms with van der Waals surface area (Å²) in [5.74, 6) is 1.89. The zero-order valence-corrected chi connectivity index (χ0v) is 14.7. The average Bonchev–Trinajstić information content (AvgIpc) is 3.39. The largest absolute Gasteiger partial charge is 0.465 e. The number of anilines is 2. The number of hydrogen-bond donors (Lipinski definition) is 1.